The van der Waals surface area contributed by atoms with Gasteiger partial charge >= 0.3 is 0 Å². The molecule has 1 aromatic carbocycles. The summed E-state index contributed by atoms with van der Waals surface area (Å²) in [5.74, 6) is 0.00453. The third kappa shape index (κ3) is 3.48. The van der Waals surface area contributed by atoms with Crippen LogP contribution in [-0.4, -0.2) is 13.0 Å². The first-order chi connectivity index (χ1) is 9.20. The molecule has 100 valence electrons. The summed E-state index contributed by atoms with van der Waals surface area (Å²) in [6, 6.07) is 9.71. The predicted molar refractivity (Wildman–Crippen MR) is 80.3 cm³/mol. The molecule has 5 heteroatoms. The predicted octanol–water partition coefficient (Wildman–Crippen LogP) is 2.23. The topological polar surface area (TPSA) is 67.2 Å². The first-order valence-electron chi connectivity index (χ1n) is 6.05. The minimum atomic E-state index is 0.00453. The maximum absolute atomic E-state index is 11.5. The minimum Gasteiger partial charge on any atom is -0.398 e. The van der Waals surface area contributed by atoms with Crippen LogP contribution in [-0.2, 0) is 17.8 Å². The van der Waals surface area contributed by atoms with E-state index in [4.69, 9.17) is 5.73 Å². The summed E-state index contributed by atoms with van der Waals surface area (Å²) < 4.78 is 0. The summed E-state index contributed by atoms with van der Waals surface area (Å²) in [6.45, 7) is 0.675. The van der Waals surface area contributed by atoms with Gasteiger partial charge in [-0.15, -0.1) is 11.3 Å². The Morgan fingerprint density at radius 1 is 1.32 bits per heavy atom. The fourth-order valence-corrected chi connectivity index (χ4v) is 2.52. The van der Waals surface area contributed by atoms with Crippen LogP contribution in [0.15, 0.2) is 35.7 Å². The normalized spacial score (nSPS) is 10.2. The Bertz CT molecular complexity index is 565. The van der Waals surface area contributed by atoms with Crippen molar-refractivity contribution in [3.05, 3.63) is 46.2 Å². The molecule has 0 aliphatic rings. The van der Waals surface area contributed by atoms with Crippen LogP contribution in [0, 0.1) is 0 Å². The summed E-state index contributed by atoms with van der Waals surface area (Å²) >= 11 is 1.63. The molecule has 0 radical (unpaired) electrons. The van der Waals surface area contributed by atoms with Gasteiger partial charge in [-0.1, -0.05) is 18.2 Å². The van der Waals surface area contributed by atoms with E-state index in [0.29, 0.717) is 13.0 Å². The summed E-state index contributed by atoms with van der Waals surface area (Å²) in [6.07, 6.45) is 0.375. The number of hydrogen-bond acceptors (Lipinski definition) is 4. The van der Waals surface area contributed by atoms with Crippen molar-refractivity contribution in [2.75, 3.05) is 18.1 Å². The molecule has 1 amide bonds. The Hall–Kier alpha value is -2.01. The SMILES string of the molecule is CNC(=O)Cc1ccccc1NCc1sccc1N. The standard InChI is InChI=1S/C14H17N3OS/c1-16-14(18)8-10-4-2-3-5-12(10)17-9-13-11(15)6-7-19-13/h2-7,17H,8-9,15H2,1H3,(H,16,18). The van der Waals surface area contributed by atoms with Crippen LogP contribution < -0.4 is 16.4 Å². The molecule has 4 nitrogen and oxygen atoms in total. The van der Waals surface area contributed by atoms with Crippen molar-refractivity contribution >= 4 is 28.6 Å². The lowest BCUT2D eigenvalue weighted by Gasteiger charge is -2.11. The van der Waals surface area contributed by atoms with Crippen molar-refractivity contribution in [2.45, 2.75) is 13.0 Å². The second-order valence-electron chi connectivity index (χ2n) is 4.16. The van der Waals surface area contributed by atoms with Gasteiger partial charge in [-0.25, -0.2) is 0 Å². The Labute approximate surface area is 116 Å². The van der Waals surface area contributed by atoms with E-state index in [0.717, 1.165) is 21.8 Å². The number of thiophene rings is 1. The highest BCUT2D eigenvalue weighted by molar-refractivity contribution is 7.10. The average Bonchev–Trinajstić information content (AvgIpc) is 2.83. The fraction of sp³-hybridized carbons (Fsp3) is 0.214. The Morgan fingerprint density at radius 2 is 2.11 bits per heavy atom. The zero-order valence-electron chi connectivity index (χ0n) is 10.8. The molecule has 2 aromatic rings. The van der Waals surface area contributed by atoms with E-state index < -0.39 is 0 Å². The molecule has 19 heavy (non-hydrogen) atoms. The van der Waals surface area contributed by atoms with Gasteiger partial charge in [0, 0.05) is 23.3 Å². The molecule has 0 saturated heterocycles. The van der Waals surface area contributed by atoms with Gasteiger partial charge in [0.05, 0.1) is 13.0 Å². The first kappa shape index (κ1) is 13.4. The zero-order valence-corrected chi connectivity index (χ0v) is 11.6. The second-order valence-corrected chi connectivity index (χ2v) is 5.16. The van der Waals surface area contributed by atoms with Crippen molar-refractivity contribution in [3.63, 3.8) is 0 Å². The van der Waals surface area contributed by atoms with Crippen LogP contribution in [0.1, 0.15) is 10.4 Å². The number of amides is 1. The number of carbonyl (C=O) groups is 1. The van der Waals surface area contributed by atoms with Gasteiger partial charge in [-0.2, -0.15) is 0 Å². The molecule has 1 heterocycles. The smallest absolute Gasteiger partial charge is 0.224 e. The van der Waals surface area contributed by atoms with Crippen LogP contribution in [0.5, 0.6) is 0 Å². The highest BCUT2D eigenvalue weighted by Crippen LogP contribution is 2.22. The number of nitrogens with one attached hydrogen (secondary N) is 2. The molecule has 0 atom stereocenters. The third-order valence-electron chi connectivity index (χ3n) is 2.87. The van der Waals surface area contributed by atoms with Crippen LogP contribution in [0.4, 0.5) is 11.4 Å². The van der Waals surface area contributed by atoms with Gasteiger partial charge in [0.15, 0.2) is 0 Å². The molecule has 1 aromatic heterocycles. The van der Waals surface area contributed by atoms with Gasteiger partial charge in [0.1, 0.15) is 0 Å². The molecule has 0 saturated carbocycles. The van der Waals surface area contributed by atoms with E-state index in [1.54, 1.807) is 18.4 Å². The number of anilines is 2. The largest absolute Gasteiger partial charge is 0.398 e. The van der Waals surface area contributed by atoms with Crippen molar-refractivity contribution < 1.29 is 4.79 Å². The highest BCUT2D eigenvalue weighted by atomic mass is 32.1. The lowest BCUT2D eigenvalue weighted by molar-refractivity contribution is -0.119. The quantitative estimate of drug-likeness (QED) is 0.784. The molecule has 0 spiro atoms. The molecule has 0 unspecified atom stereocenters. The monoisotopic (exact) mass is 275 g/mol. The summed E-state index contributed by atoms with van der Waals surface area (Å²) in [5, 5.41) is 7.95. The van der Waals surface area contributed by atoms with E-state index in [-0.39, 0.29) is 5.91 Å². The number of nitrogen functional groups attached to an aromatic ring is 1. The average molecular weight is 275 g/mol. The Morgan fingerprint density at radius 3 is 2.79 bits per heavy atom. The van der Waals surface area contributed by atoms with E-state index in [1.165, 1.54) is 0 Å². The van der Waals surface area contributed by atoms with Crippen molar-refractivity contribution in [2.24, 2.45) is 0 Å². The van der Waals surface area contributed by atoms with Crippen molar-refractivity contribution in [1.82, 2.24) is 5.32 Å². The molecular weight excluding hydrogens is 258 g/mol. The molecule has 0 aliphatic heterocycles. The summed E-state index contributed by atoms with van der Waals surface area (Å²) in [5.41, 5.74) is 8.61. The third-order valence-corrected chi connectivity index (χ3v) is 3.80. The number of rotatable bonds is 5. The fourth-order valence-electron chi connectivity index (χ4n) is 1.78. The second kappa shape index (κ2) is 6.24. The number of likely N-dealkylation sites (N-methyl/N-ethyl adjacent to an activating group) is 1. The van der Waals surface area contributed by atoms with Gasteiger partial charge in [-0.05, 0) is 23.1 Å². The summed E-state index contributed by atoms with van der Waals surface area (Å²) in [4.78, 5) is 12.6. The van der Waals surface area contributed by atoms with Crippen LogP contribution in [0.3, 0.4) is 0 Å². The number of benzene rings is 1. The van der Waals surface area contributed by atoms with Crippen molar-refractivity contribution in [1.29, 1.82) is 0 Å². The van der Waals surface area contributed by atoms with E-state index in [2.05, 4.69) is 10.6 Å². The van der Waals surface area contributed by atoms with Crippen LogP contribution in [0.2, 0.25) is 0 Å². The summed E-state index contributed by atoms with van der Waals surface area (Å²) in [7, 11) is 1.64. The minimum absolute atomic E-state index is 0.00453. The van der Waals surface area contributed by atoms with E-state index >= 15 is 0 Å². The Kier molecular flexibility index (Phi) is 4.41. The van der Waals surface area contributed by atoms with Crippen molar-refractivity contribution in [3.8, 4) is 0 Å². The van der Waals surface area contributed by atoms with Crippen LogP contribution >= 0.6 is 11.3 Å². The lowest BCUT2D eigenvalue weighted by Crippen LogP contribution is -2.20. The highest BCUT2D eigenvalue weighted by Gasteiger charge is 2.07. The zero-order chi connectivity index (χ0) is 13.7. The number of para-hydroxylation sites is 1. The molecular formula is C14H17N3OS. The number of hydrogen-bond donors (Lipinski definition) is 3. The molecule has 0 aliphatic carbocycles. The molecule has 4 N–H and O–H groups in total. The first-order valence-corrected chi connectivity index (χ1v) is 6.93. The van der Waals surface area contributed by atoms with Gasteiger partial charge < -0.3 is 16.4 Å². The molecule has 2 rings (SSSR count). The van der Waals surface area contributed by atoms with E-state index in [1.807, 2.05) is 35.7 Å². The molecule has 0 bridgehead atoms. The number of carbonyl (C=O) groups excluding carboxylic acids is 1. The van der Waals surface area contributed by atoms with Gasteiger partial charge in [-0.3, -0.25) is 4.79 Å². The maximum Gasteiger partial charge on any atom is 0.224 e. The van der Waals surface area contributed by atoms with Gasteiger partial charge in [0.2, 0.25) is 5.91 Å². The number of nitrogens with two attached hydrogens (primary N) is 1. The van der Waals surface area contributed by atoms with Crippen LogP contribution in [0.25, 0.3) is 0 Å². The maximum atomic E-state index is 11.5. The molecule has 0 fully saturated rings. The lowest BCUT2D eigenvalue weighted by atomic mass is 10.1. The van der Waals surface area contributed by atoms with E-state index in [9.17, 15) is 4.79 Å². The Balaban J connectivity index is 2.07. The van der Waals surface area contributed by atoms with Gasteiger partial charge in [0.25, 0.3) is 0 Å².